The Bertz CT molecular complexity index is 423. The Balaban J connectivity index is 2.46. The molecule has 0 spiro atoms. The van der Waals surface area contributed by atoms with Crippen LogP contribution in [0.25, 0.3) is 11.3 Å². The molecule has 0 fully saturated rings. The fraction of sp³-hybridized carbons (Fsp3) is 0.100. The van der Waals surface area contributed by atoms with Gasteiger partial charge in [-0.2, -0.15) is 4.42 Å². The summed E-state index contributed by atoms with van der Waals surface area (Å²) in [4.78, 5) is 0. The summed E-state index contributed by atoms with van der Waals surface area (Å²) in [6.45, 7) is 0. The first-order valence-electron chi connectivity index (χ1n) is 4.04. The van der Waals surface area contributed by atoms with Crippen LogP contribution < -0.4 is 5.11 Å². The molecule has 72 valence electrons. The predicted molar refractivity (Wildman–Crippen MR) is 57.7 cm³/mol. The Hall–Kier alpha value is -1.00. The van der Waals surface area contributed by atoms with Crippen molar-refractivity contribution >= 4 is 23.1 Å². The standard InChI is InChI=1S/C10H8O2S2/c1-13-10-12-8(9(11)14-10)7-5-3-2-4-6-7/h2-6H,1H3. The molecule has 0 saturated carbocycles. The van der Waals surface area contributed by atoms with E-state index in [1.54, 1.807) is 0 Å². The third kappa shape index (κ3) is 1.76. The van der Waals surface area contributed by atoms with E-state index >= 15 is 0 Å². The Morgan fingerprint density at radius 3 is 2.57 bits per heavy atom. The van der Waals surface area contributed by atoms with Crippen molar-refractivity contribution in [2.24, 2.45) is 0 Å². The summed E-state index contributed by atoms with van der Waals surface area (Å²) in [5, 5.41) is 11.5. The Morgan fingerprint density at radius 2 is 2.00 bits per heavy atom. The van der Waals surface area contributed by atoms with Gasteiger partial charge in [-0.3, -0.25) is 0 Å². The van der Waals surface area contributed by atoms with Gasteiger partial charge in [0.2, 0.25) is 0 Å². The van der Waals surface area contributed by atoms with Gasteiger partial charge in [0.15, 0.2) is 0 Å². The summed E-state index contributed by atoms with van der Waals surface area (Å²) in [6, 6.07) is 9.44. The number of thioether (sulfide) groups is 1. The van der Waals surface area contributed by atoms with Crippen LogP contribution in [0, 0.1) is 0 Å². The van der Waals surface area contributed by atoms with E-state index in [9.17, 15) is 5.11 Å². The summed E-state index contributed by atoms with van der Waals surface area (Å²) >= 11 is 2.60. The van der Waals surface area contributed by atoms with Crippen LogP contribution in [-0.4, -0.2) is 6.26 Å². The van der Waals surface area contributed by atoms with Crippen molar-refractivity contribution in [2.45, 2.75) is 4.41 Å². The topological polar surface area (TPSA) is 34.4 Å². The van der Waals surface area contributed by atoms with Crippen LogP contribution in [-0.2, 0) is 0 Å². The van der Waals surface area contributed by atoms with Gasteiger partial charge in [-0.15, -0.1) is 0 Å². The molecule has 1 aromatic carbocycles. The van der Waals surface area contributed by atoms with E-state index in [-0.39, 0.29) is 5.06 Å². The number of rotatable bonds is 2. The van der Waals surface area contributed by atoms with Gasteiger partial charge in [-0.1, -0.05) is 18.2 Å². The van der Waals surface area contributed by atoms with E-state index in [1.165, 1.54) is 11.8 Å². The Morgan fingerprint density at radius 1 is 1.29 bits per heavy atom. The minimum Gasteiger partial charge on any atom is -0.858 e. The van der Waals surface area contributed by atoms with Crippen LogP contribution in [0.3, 0.4) is 0 Å². The zero-order valence-electron chi connectivity index (χ0n) is 7.52. The molecule has 2 nitrogen and oxygen atoms in total. The molecule has 1 aromatic heterocycles. The van der Waals surface area contributed by atoms with Gasteiger partial charge < -0.3 is 5.11 Å². The maximum Gasteiger partial charge on any atom is 0.445 e. The van der Waals surface area contributed by atoms with E-state index in [4.69, 9.17) is 4.42 Å². The lowest BCUT2D eigenvalue weighted by atomic mass is 10.2. The van der Waals surface area contributed by atoms with Gasteiger partial charge in [0.1, 0.15) is 0 Å². The second-order valence-electron chi connectivity index (χ2n) is 2.64. The summed E-state index contributed by atoms with van der Waals surface area (Å²) in [5.74, 6) is 0.444. The largest absolute Gasteiger partial charge is 0.858 e. The third-order valence-corrected chi connectivity index (χ3v) is 3.54. The molecule has 0 radical (unpaired) electrons. The molecule has 0 unspecified atom stereocenters. The van der Waals surface area contributed by atoms with E-state index in [0.29, 0.717) is 10.2 Å². The van der Waals surface area contributed by atoms with Gasteiger partial charge in [0.05, 0.1) is 10.6 Å². The van der Waals surface area contributed by atoms with E-state index < -0.39 is 0 Å². The normalized spacial score (nSPS) is 10.4. The van der Waals surface area contributed by atoms with Crippen molar-refractivity contribution in [3.05, 3.63) is 30.3 Å². The smallest absolute Gasteiger partial charge is 0.445 e. The highest BCUT2D eigenvalue weighted by Crippen LogP contribution is 2.38. The molecular weight excluding hydrogens is 216 g/mol. The van der Waals surface area contributed by atoms with Gasteiger partial charge in [0, 0.05) is 0 Å². The minimum absolute atomic E-state index is 0.0134. The fourth-order valence-corrected chi connectivity index (χ4v) is 2.37. The highest BCUT2D eigenvalue weighted by atomic mass is 32.2. The molecule has 0 amide bonds. The van der Waals surface area contributed by atoms with E-state index in [1.807, 2.05) is 36.6 Å². The molecule has 1 heterocycles. The Labute approximate surface area is 90.2 Å². The first kappa shape index (κ1) is 9.55. The Kier molecular flexibility index (Phi) is 2.74. The first-order valence-corrected chi connectivity index (χ1v) is 6.08. The summed E-state index contributed by atoms with van der Waals surface area (Å²) < 4.78 is 6.12. The molecule has 0 N–H and O–H groups in total. The molecule has 0 atom stereocenters. The van der Waals surface area contributed by atoms with Crippen molar-refractivity contribution in [3.63, 3.8) is 0 Å². The van der Waals surface area contributed by atoms with Crippen LogP contribution in [0.15, 0.2) is 39.2 Å². The van der Waals surface area contributed by atoms with E-state index in [2.05, 4.69) is 0 Å². The quantitative estimate of drug-likeness (QED) is 0.580. The van der Waals surface area contributed by atoms with Crippen molar-refractivity contribution in [1.82, 2.24) is 0 Å². The first-order chi connectivity index (χ1) is 6.81. The van der Waals surface area contributed by atoms with Crippen molar-refractivity contribution in [2.75, 3.05) is 6.26 Å². The van der Waals surface area contributed by atoms with Crippen LogP contribution in [0.2, 0.25) is 0 Å². The maximum absolute atomic E-state index is 11.5. The highest BCUT2D eigenvalue weighted by Gasteiger charge is 2.20. The van der Waals surface area contributed by atoms with Crippen LogP contribution in [0.1, 0.15) is 0 Å². The van der Waals surface area contributed by atoms with E-state index in [0.717, 1.165) is 16.9 Å². The fourth-order valence-electron chi connectivity index (χ4n) is 1.12. The molecule has 4 heteroatoms. The number of hydrogen-bond donors (Lipinski definition) is 0. The minimum atomic E-state index is -0.0134. The third-order valence-electron chi connectivity index (χ3n) is 1.75. The monoisotopic (exact) mass is 224 g/mol. The lowest BCUT2D eigenvalue weighted by molar-refractivity contribution is -0.261. The second-order valence-corrected chi connectivity index (χ2v) is 4.62. The molecule has 0 aliphatic rings. The van der Waals surface area contributed by atoms with Gasteiger partial charge >= 0.3 is 10.2 Å². The molecular formula is C10H8O2S2. The highest BCUT2D eigenvalue weighted by molar-refractivity contribution is 8.00. The van der Waals surface area contributed by atoms with Crippen LogP contribution in [0.4, 0.5) is 0 Å². The van der Waals surface area contributed by atoms with Crippen LogP contribution >= 0.6 is 23.1 Å². The van der Waals surface area contributed by atoms with Gasteiger partial charge in [0.25, 0.3) is 0 Å². The summed E-state index contributed by atoms with van der Waals surface area (Å²) in [6.07, 6.45) is 1.89. The average molecular weight is 224 g/mol. The summed E-state index contributed by atoms with van der Waals surface area (Å²) in [7, 11) is 0. The SMILES string of the molecule is CSc1[o+]c(-c2ccccc2)c([O-])s1. The summed E-state index contributed by atoms with van der Waals surface area (Å²) in [5.41, 5.74) is 0.842. The zero-order chi connectivity index (χ0) is 9.97. The molecule has 2 aromatic rings. The maximum atomic E-state index is 11.5. The van der Waals surface area contributed by atoms with Crippen molar-refractivity contribution in [1.29, 1.82) is 0 Å². The second kappa shape index (κ2) is 4.02. The van der Waals surface area contributed by atoms with Crippen LogP contribution in [0.5, 0.6) is 5.06 Å². The molecule has 2 rings (SSSR count). The van der Waals surface area contributed by atoms with Crippen molar-refractivity contribution < 1.29 is 9.52 Å². The zero-order valence-corrected chi connectivity index (χ0v) is 9.15. The average Bonchev–Trinajstić information content (AvgIpc) is 2.61. The molecule has 0 bridgehead atoms. The number of benzene rings is 1. The molecule has 0 aliphatic carbocycles. The lowest BCUT2D eigenvalue weighted by Gasteiger charge is -1.93. The molecule has 14 heavy (non-hydrogen) atoms. The van der Waals surface area contributed by atoms with Gasteiger partial charge in [-0.25, -0.2) is 0 Å². The number of hydrogen-bond acceptors (Lipinski definition) is 3. The predicted octanol–water partition coefficient (Wildman–Crippen LogP) is 3.08. The molecule has 0 saturated heterocycles. The lowest BCUT2D eigenvalue weighted by Crippen LogP contribution is -1.86. The van der Waals surface area contributed by atoms with Gasteiger partial charge in [-0.05, 0) is 41.5 Å². The molecule has 0 aliphatic heterocycles. The van der Waals surface area contributed by atoms with Crippen molar-refractivity contribution in [3.8, 4) is 16.4 Å².